The lowest BCUT2D eigenvalue weighted by Crippen LogP contribution is -2.44. The van der Waals surface area contributed by atoms with Gasteiger partial charge >= 0.3 is 0 Å². The van der Waals surface area contributed by atoms with Gasteiger partial charge in [-0.15, -0.1) is 24.8 Å². The van der Waals surface area contributed by atoms with Crippen molar-refractivity contribution >= 4 is 24.8 Å². The predicted molar refractivity (Wildman–Crippen MR) is 70.4 cm³/mol. The lowest BCUT2D eigenvalue weighted by Gasteiger charge is -2.31. The van der Waals surface area contributed by atoms with Crippen LogP contribution in [0.25, 0.3) is 0 Å². The molecular formula is C11H24Cl2N2. The maximum Gasteiger partial charge on any atom is 0.00939 e. The molecule has 0 spiro atoms. The van der Waals surface area contributed by atoms with Gasteiger partial charge in [0.05, 0.1) is 0 Å². The van der Waals surface area contributed by atoms with Crippen molar-refractivity contribution in [3.63, 3.8) is 0 Å². The van der Waals surface area contributed by atoms with Crippen LogP contribution < -0.4 is 5.32 Å². The number of halogens is 2. The molecule has 0 amide bonds. The van der Waals surface area contributed by atoms with Gasteiger partial charge in [0.2, 0.25) is 0 Å². The smallest absolute Gasteiger partial charge is 0.00939 e. The van der Waals surface area contributed by atoms with Crippen LogP contribution >= 0.6 is 24.8 Å². The van der Waals surface area contributed by atoms with Crippen LogP contribution in [0.15, 0.2) is 0 Å². The molecule has 0 bridgehead atoms. The van der Waals surface area contributed by atoms with Crippen LogP contribution in [-0.2, 0) is 0 Å². The summed E-state index contributed by atoms with van der Waals surface area (Å²) in [6.07, 6.45) is 8.45. The number of hydrogen-bond acceptors (Lipinski definition) is 2. The molecule has 2 nitrogen and oxygen atoms in total. The zero-order chi connectivity index (χ0) is 9.10. The molecule has 4 heteroatoms. The van der Waals surface area contributed by atoms with Crippen LogP contribution in [0.1, 0.15) is 38.5 Å². The van der Waals surface area contributed by atoms with Gasteiger partial charge in [0.1, 0.15) is 0 Å². The van der Waals surface area contributed by atoms with Gasteiger partial charge in [0, 0.05) is 12.1 Å². The van der Waals surface area contributed by atoms with Gasteiger partial charge in [0.25, 0.3) is 0 Å². The van der Waals surface area contributed by atoms with E-state index in [1.807, 2.05) is 0 Å². The minimum Gasteiger partial charge on any atom is -0.311 e. The van der Waals surface area contributed by atoms with Crippen LogP contribution in [0.5, 0.6) is 0 Å². The number of nitrogens with one attached hydrogen (secondary N) is 1. The topological polar surface area (TPSA) is 15.3 Å². The Labute approximate surface area is 106 Å². The molecule has 1 aliphatic heterocycles. The van der Waals surface area contributed by atoms with E-state index in [-0.39, 0.29) is 24.8 Å². The molecule has 2 aliphatic rings. The van der Waals surface area contributed by atoms with E-state index in [4.69, 9.17) is 0 Å². The number of rotatable bonds is 2. The van der Waals surface area contributed by atoms with E-state index in [0.717, 1.165) is 12.1 Å². The standard InChI is InChI=1S/C11H22N2.2ClH/c1-13-8-6-11(7-9-13)12-10-4-2-3-5-10;;/h10-12H,2-9H2,1H3;2*1H. The lowest BCUT2D eigenvalue weighted by molar-refractivity contribution is 0.224. The fourth-order valence-electron chi connectivity index (χ4n) is 2.60. The maximum atomic E-state index is 3.81. The quantitative estimate of drug-likeness (QED) is 0.815. The highest BCUT2D eigenvalue weighted by molar-refractivity contribution is 5.85. The highest BCUT2D eigenvalue weighted by Crippen LogP contribution is 2.20. The van der Waals surface area contributed by atoms with Gasteiger partial charge in [-0.1, -0.05) is 12.8 Å². The van der Waals surface area contributed by atoms with Crippen molar-refractivity contribution < 1.29 is 0 Å². The maximum absolute atomic E-state index is 3.81. The largest absolute Gasteiger partial charge is 0.311 e. The summed E-state index contributed by atoms with van der Waals surface area (Å²) in [4.78, 5) is 2.44. The van der Waals surface area contributed by atoms with Crippen molar-refractivity contribution in [2.45, 2.75) is 50.6 Å². The fourth-order valence-corrected chi connectivity index (χ4v) is 2.60. The number of hydrogen-bond donors (Lipinski definition) is 1. The van der Waals surface area contributed by atoms with Crippen LogP contribution in [0.2, 0.25) is 0 Å². The average molecular weight is 255 g/mol. The van der Waals surface area contributed by atoms with Crippen LogP contribution in [0.3, 0.4) is 0 Å². The normalized spacial score (nSPS) is 24.6. The zero-order valence-corrected chi connectivity index (χ0v) is 11.2. The molecule has 2 fully saturated rings. The second-order valence-corrected chi connectivity index (χ2v) is 4.73. The fraction of sp³-hybridized carbons (Fsp3) is 1.00. The second-order valence-electron chi connectivity index (χ2n) is 4.73. The minimum absolute atomic E-state index is 0. The van der Waals surface area contributed by atoms with Crippen LogP contribution in [0, 0.1) is 0 Å². The van der Waals surface area contributed by atoms with Gasteiger partial charge in [-0.3, -0.25) is 0 Å². The van der Waals surface area contributed by atoms with E-state index in [1.165, 1.54) is 51.6 Å². The van der Waals surface area contributed by atoms with Crippen LogP contribution in [0.4, 0.5) is 0 Å². The van der Waals surface area contributed by atoms with Crippen molar-refractivity contribution in [3.05, 3.63) is 0 Å². The molecule has 0 aromatic heterocycles. The molecule has 0 aromatic carbocycles. The first kappa shape index (κ1) is 15.5. The molecule has 2 rings (SSSR count). The molecule has 0 radical (unpaired) electrons. The summed E-state index contributed by atoms with van der Waals surface area (Å²) in [6, 6.07) is 1.67. The molecule has 15 heavy (non-hydrogen) atoms. The average Bonchev–Trinajstić information content (AvgIpc) is 2.62. The van der Waals surface area contributed by atoms with Gasteiger partial charge in [-0.05, 0) is 45.8 Å². The molecule has 1 N–H and O–H groups in total. The summed E-state index contributed by atoms with van der Waals surface area (Å²) in [5.74, 6) is 0. The Morgan fingerprint density at radius 3 is 1.87 bits per heavy atom. The predicted octanol–water partition coefficient (Wildman–Crippen LogP) is 2.46. The Bertz CT molecular complexity index is 153. The first-order valence-corrected chi connectivity index (χ1v) is 5.79. The summed E-state index contributed by atoms with van der Waals surface area (Å²) in [7, 11) is 2.23. The summed E-state index contributed by atoms with van der Waals surface area (Å²) in [5.41, 5.74) is 0. The summed E-state index contributed by atoms with van der Waals surface area (Å²) >= 11 is 0. The molecule has 1 saturated heterocycles. The lowest BCUT2D eigenvalue weighted by atomic mass is 10.0. The third kappa shape index (κ3) is 4.90. The van der Waals surface area contributed by atoms with Gasteiger partial charge in [-0.25, -0.2) is 0 Å². The molecule has 92 valence electrons. The molecule has 0 atom stereocenters. The third-order valence-electron chi connectivity index (χ3n) is 3.55. The van der Waals surface area contributed by atoms with Crippen LogP contribution in [-0.4, -0.2) is 37.1 Å². The molecule has 1 saturated carbocycles. The molecule has 0 unspecified atom stereocenters. The Hall–Kier alpha value is 0.500. The monoisotopic (exact) mass is 254 g/mol. The van der Waals surface area contributed by atoms with E-state index >= 15 is 0 Å². The van der Waals surface area contributed by atoms with Crippen molar-refractivity contribution in [1.29, 1.82) is 0 Å². The summed E-state index contributed by atoms with van der Waals surface area (Å²) < 4.78 is 0. The highest BCUT2D eigenvalue weighted by Gasteiger charge is 2.21. The number of likely N-dealkylation sites (tertiary alicyclic amines) is 1. The number of nitrogens with zero attached hydrogens (tertiary/aromatic N) is 1. The molecular weight excluding hydrogens is 231 g/mol. The first-order valence-electron chi connectivity index (χ1n) is 5.79. The summed E-state index contributed by atoms with van der Waals surface area (Å²) in [5, 5.41) is 3.81. The van der Waals surface area contributed by atoms with Crippen molar-refractivity contribution in [1.82, 2.24) is 10.2 Å². The van der Waals surface area contributed by atoms with E-state index in [9.17, 15) is 0 Å². The van der Waals surface area contributed by atoms with Gasteiger partial charge < -0.3 is 10.2 Å². The van der Waals surface area contributed by atoms with Crippen molar-refractivity contribution in [2.24, 2.45) is 0 Å². The van der Waals surface area contributed by atoms with Crippen molar-refractivity contribution in [2.75, 3.05) is 20.1 Å². The van der Waals surface area contributed by atoms with E-state index in [1.54, 1.807) is 0 Å². The highest BCUT2D eigenvalue weighted by atomic mass is 35.5. The Morgan fingerprint density at radius 1 is 0.867 bits per heavy atom. The van der Waals surface area contributed by atoms with Crippen molar-refractivity contribution in [3.8, 4) is 0 Å². The van der Waals surface area contributed by atoms with E-state index in [0.29, 0.717) is 0 Å². The first-order chi connectivity index (χ1) is 6.34. The second kappa shape index (κ2) is 7.72. The molecule has 0 aromatic rings. The van der Waals surface area contributed by atoms with Gasteiger partial charge in [0.15, 0.2) is 0 Å². The SMILES string of the molecule is CN1CCC(NC2CCCC2)CC1.Cl.Cl. The summed E-state index contributed by atoms with van der Waals surface area (Å²) in [6.45, 7) is 2.56. The van der Waals surface area contributed by atoms with E-state index in [2.05, 4.69) is 17.3 Å². The third-order valence-corrected chi connectivity index (χ3v) is 3.55. The minimum atomic E-state index is 0. The van der Waals surface area contributed by atoms with E-state index < -0.39 is 0 Å². The zero-order valence-electron chi connectivity index (χ0n) is 9.58. The number of piperidine rings is 1. The molecule has 1 aliphatic carbocycles. The Kier molecular flexibility index (Phi) is 7.98. The van der Waals surface area contributed by atoms with Gasteiger partial charge in [-0.2, -0.15) is 0 Å². The Morgan fingerprint density at radius 2 is 1.33 bits per heavy atom. The molecule has 1 heterocycles. The Balaban J connectivity index is 0.000000980.